The normalized spacial score (nSPS) is 16.3. The first-order chi connectivity index (χ1) is 14.7. The van der Waals surface area contributed by atoms with Gasteiger partial charge in [0.05, 0.1) is 6.54 Å². The Morgan fingerprint density at radius 2 is 1.83 bits per heavy atom. The summed E-state index contributed by atoms with van der Waals surface area (Å²) >= 11 is 0. The summed E-state index contributed by atoms with van der Waals surface area (Å²) in [5.74, 6) is 0.892. The van der Waals surface area contributed by atoms with E-state index in [-0.39, 0.29) is 18.4 Å². The lowest BCUT2D eigenvalue weighted by Gasteiger charge is -2.36. The molecule has 1 N–H and O–H groups in total. The van der Waals surface area contributed by atoms with Crippen LogP contribution in [0.4, 0.5) is 11.5 Å². The van der Waals surface area contributed by atoms with Crippen molar-refractivity contribution in [3.05, 3.63) is 66.1 Å². The van der Waals surface area contributed by atoms with Crippen LogP contribution < -0.4 is 15.1 Å². The van der Waals surface area contributed by atoms with Gasteiger partial charge in [0.2, 0.25) is 5.91 Å². The first kappa shape index (κ1) is 18.2. The van der Waals surface area contributed by atoms with Crippen molar-refractivity contribution in [2.24, 2.45) is 0 Å². The molecule has 4 heterocycles. The van der Waals surface area contributed by atoms with E-state index in [1.54, 1.807) is 23.4 Å². The van der Waals surface area contributed by atoms with Gasteiger partial charge >= 0.3 is 0 Å². The van der Waals surface area contributed by atoms with Crippen molar-refractivity contribution in [1.29, 1.82) is 0 Å². The fourth-order valence-electron chi connectivity index (χ4n) is 3.90. The zero-order valence-corrected chi connectivity index (χ0v) is 16.3. The lowest BCUT2D eigenvalue weighted by atomic mass is 10.0. The largest absolute Gasteiger partial charge is 0.350 e. The van der Waals surface area contributed by atoms with E-state index >= 15 is 0 Å². The number of anilines is 2. The third kappa shape index (κ3) is 3.26. The minimum Gasteiger partial charge on any atom is -0.350 e. The van der Waals surface area contributed by atoms with E-state index in [1.165, 1.54) is 0 Å². The van der Waals surface area contributed by atoms with Gasteiger partial charge in [-0.15, -0.1) is 0 Å². The maximum Gasteiger partial charge on any atom is 0.270 e. The lowest BCUT2D eigenvalue weighted by molar-refractivity contribution is -0.117. The smallest absolute Gasteiger partial charge is 0.270 e. The number of aromatic nitrogens is 3. The Labute approximate surface area is 173 Å². The standard InChI is InChI=1S/C22H20N6O2/c29-18-14-27(11-12-28(18)16-6-2-1-3-7-16)21-17-8-10-24-22(30)19(17)25-20(26-21)15-5-4-9-23-13-15/h1-7,9,13H,8,10-12,14H2,(H,24,30). The number of nitrogens with one attached hydrogen (secondary N) is 1. The van der Waals surface area contributed by atoms with Crippen molar-refractivity contribution in [2.75, 3.05) is 36.0 Å². The van der Waals surface area contributed by atoms with Gasteiger partial charge in [-0.05, 0) is 30.7 Å². The summed E-state index contributed by atoms with van der Waals surface area (Å²) in [4.78, 5) is 42.6. The molecule has 1 aromatic carbocycles. The summed E-state index contributed by atoms with van der Waals surface area (Å²) in [5, 5.41) is 2.85. The number of piperazine rings is 1. The van der Waals surface area contributed by atoms with Gasteiger partial charge in [-0.3, -0.25) is 14.6 Å². The van der Waals surface area contributed by atoms with E-state index in [0.29, 0.717) is 43.4 Å². The van der Waals surface area contributed by atoms with Crippen LogP contribution in [0, 0.1) is 0 Å². The Morgan fingerprint density at radius 3 is 2.60 bits per heavy atom. The van der Waals surface area contributed by atoms with Crippen molar-refractivity contribution in [3.63, 3.8) is 0 Å². The highest BCUT2D eigenvalue weighted by molar-refractivity contribution is 5.99. The molecular weight excluding hydrogens is 380 g/mol. The van der Waals surface area contributed by atoms with E-state index in [4.69, 9.17) is 4.98 Å². The average Bonchev–Trinajstić information content (AvgIpc) is 2.80. The van der Waals surface area contributed by atoms with Gasteiger partial charge in [0.1, 0.15) is 11.5 Å². The van der Waals surface area contributed by atoms with Crippen molar-refractivity contribution < 1.29 is 9.59 Å². The average molecular weight is 400 g/mol. The molecule has 150 valence electrons. The molecule has 0 radical (unpaired) electrons. The molecule has 8 nitrogen and oxygen atoms in total. The first-order valence-electron chi connectivity index (χ1n) is 9.90. The Bertz CT molecular complexity index is 1100. The molecule has 0 atom stereocenters. The fraction of sp³-hybridized carbons (Fsp3) is 0.227. The van der Waals surface area contributed by atoms with Crippen LogP contribution in [0.2, 0.25) is 0 Å². The quantitative estimate of drug-likeness (QED) is 0.719. The van der Waals surface area contributed by atoms with Crippen molar-refractivity contribution >= 4 is 23.3 Å². The molecule has 0 saturated carbocycles. The summed E-state index contributed by atoms with van der Waals surface area (Å²) in [5.41, 5.74) is 2.80. The second-order valence-corrected chi connectivity index (χ2v) is 7.25. The number of hydrogen-bond donors (Lipinski definition) is 1. The summed E-state index contributed by atoms with van der Waals surface area (Å²) in [6.45, 7) is 1.91. The number of hydrogen-bond acceptors (Lipinski definition) is 6. The molecule has 0 bridgehead atoms. The van der Waals surface area contributed by atoms with Gasteiger partial charge in [-0.1, -0.05) is 18.2 Å². The zero-order chi connectivity index (χ0) is 20.5. The predicted octanol–water partition coefficient (Wildman–Crippen LogP) is 1.68. The number of fused-ring (bicyclic) bond motifs is 1. The van der Waals surface area contributed by atoms with Crippen molar-refractivity contribution in [3.8, 4) is 11.4 Å². The van der Waals surface area contributed by atoms with Gasteiger partial charge < -0.3 is 15.1 Å². The molecule has 5 rings (SSSR count). The van der Waals surface area contributed by atoms with Gasteiger partial charge in [-0.2, -0.15) is 0 Å². The van der Waals surface area contributed by atoms with Crippen LogP contribution in [-0.2, 0) is 11.2 Å². The topological polar surface area (TPSA) is 91.3 Å². The molecule has 2 aliphatic heterocycles. The third-order valence-corrected chi connectivity index (χ3v) is 5.37. The molecule has 3 aromatic rings. The molecule has 2 aromatic heterocycles. The Morgan fingerprint density at radius 1 is 0.967 bits per heavy atom. The number of amides is 2. The SMILES string of the molecule is O=C1NCCc2c1nc(-c1cccnc1)nc2N1CCN(c2ccccc2)C(=O)C1. The number of rotatable bonds is 3. The summed E-state index contributed by atoms with van der Waals surface area (Å²) in [6.07, 6.45) is 3.98. The van der Waals surface area contributed by atoms with Crippen LogP contribution in [0.25, 0.3) is 11.4 Å². The zero-order valence-electron chi connectivity index (χ0n) is 16.3. The Balaban J connectivity index is 1.52. The maximum atomic E-state index is 12.9. The highest BCUT2D eigenvalue weighted by Crippen LogP contribution is 2.29. The number of carbonyl (C=O) groups is 2. The third-order valence-electron chi connectivity index (χ3n) is 5.37. The second kappa shape index (κ2) is 7.55. The monoisotopic (exact) mass is 400 g/mol. The van der Waals surface area contributed by atoms with Crippen LogP contribution in [0.3, 0.4) is 0 Å². The minimum absolute atomic E-state index is 0.00278. The molecule has 0 spiro atoms. The van der Waals surface area contributed by atoms with Crippen LogP contribution in [0.1, 0.15) is 16.1 Å². The molecule has 2 amide bonds. The number of carbonyl (C=O) groups excluding carboxylic acids is 2. The fourth-order valence-corrected chi connectivity index (χ4v) is 3.90. The van der Waals surface area contributed by atoms with E-state index in [0.717, 1.165) is 16.8 Å². The van der Waals surface area contributed by atoms with E-state index in [2.05, 4.69) is 15.3 Å². The molecule has 0 aliphatic carbocycles. The van der Waals surface area contributed by atoms with Crippen LogP contribution in [0.15, 0.2) is 54.9 Å². The van der Waals surface area contributed by atoms with Crippen LogP contribution in [-0.4, -0.2) is 52.9 Å². The number of pyridine rings is 1. The summed E-state index contributed by atoms with van der Waals surface area (Å²) in [7, 11) is 0. The predicted molar refractivity (Wildman–Crippen MR) is 112 cm³/mol. The van der Waals surface area contributed by atoms with E-state index in [1.807, 2.05) is 41.3 Å². The van der Waals surface area contributed by atoms with Crippen molar-refractivity contribution in [2.45, 2.75) is 6.42 Å². The van der Waals surface area contributed by atoms with Crippen LogP contribution in [0.5, 0.6) is 0 Å². The summed E-state index contributed by atoms with van der Waals surface area (Å²) in [6, 6.07) is 13.3. The molecule has 0 unspecified atom stereocenters. The van der Waals surface area contributed by atoms with Gasteiger partial charge in [0.25, 0.3) is 5.91 Å². The Hall–Kier alpha value is -3.81. The van der Waals surface area contributed by atoms with Crippen LogP contribution >= 0.6 is 0 Å². The van der Waals surface area contributed by atoms with Gasteiger partial charge in [0, 0.05) is 48.8 Å². The number of nitrogens with zero attached hydrogens (tertiary/aromatic N) is 5. The number of para-hydroxylation sites is 1. The molecule has 1 saturated heterocycles. The second-order valence-electron chi connectivity index (χ2n) is 7.25. The lowest BCUT2D eigenvalue weighted by Crippen LogP contribution is -2.51. The number of benzene rings is 1. The first-order valence-corrected chi connectivity index (χ1v) is 9.90. The molecule has 1 fully saturated rings. The van der Waals surface area contributed by atoms with Gasteiger partial charge in [0.15, 0.2) is 5.82 Å². The highest BCUT2D eigenvalue weighted by Gasteiger charge is 2.31. The Kier molecular flexibility index (Phi) is 4.59. The minimum atomic E-state index is -0.209. The van der Waals surface area contributed by atoms with Gasteiger partial charge in [-0.25, -0.2) is 9.97 Å². The highest BCUT2D eigenvalue weighted by atomic mass is 16.2. The van der Waals surface area contributed by atoms with E-state index in [9.17, 15) is 9.59 Å². The van der Waals surface area contributed by atoms with Crippen molar-refractivity contribution in [1.82, 2.24) is 20.3 Å². The molecule has 2 aliphatic rings. The maximum absolute atomic E-state index is 12.9. The summed E-state index contributed by atoms with van der Waals surface area (Å²) < 4.78 is 0. The molecule has 30 heavy (non-hydrogen) atoms. The molecular formula is C22H20N6O2. The molecule has 8 heteroatoms. The van der Waals surface area contributed by atoms with E-state index < -0.39 is 0 Å².